The van der Waals surface area contributed by atoms with Gasteiger partial charge in [0, 0.05) is 28.8 Å². The maximum atomic E-state index is 6.50. The summed E-state index contributed by atoms with van der Waals surface area (Å²) >= 11 is 0. The van der Waals surface area contributed by atoms with Gasteiger partial charge in [0.2, 0.25) is 5.79 Å². The van der Waals surface area contributed by atoms with Crippen LogP contribution in [0.15, 0.2) is 95.3 Å². The number of hydrogen-bond acceptors (Lipinski definition) is 4. The Labute approximate surface area is 205 Å². The summed E-state index contributed by atoms with van der Waals surface area (Å²) in [5, 5.41) is 5.74. The van der Waals surface area contributed by atoms with E-state index >= 15 is 0 Å². The van der Waals surface area contributed by atoms with Gasteiger partial charge in [0.1, 0.15) is 11.2 Å². The lowest BCUT2D eigenvalue weighted by Crippen LogP contribution is -2.37. The molecule has 3 atom stereocenters. The summed E-state index contributed by atoms with van der Waals surface area (Å²) in [7, 11) is 0. The standard InChI is InChI=1S/C31H29NO3/c1-19-9-11-22(12-10-19)23-15-16-32-27(18-23)29-26(31(4)34-20(2)17-21(3)35-31)14-13-25-24-7-5-6-8-28(24)33-30(25)29/h5-18,20,27,32H,1-4H3/t20?,27?,31-/m1/s1. The zero-order valence-corrected chi connectivity index (χ0v) is 20.5. The molecule has 4 heteroatoms. The topological polar surface area (TPSA) is 43.6 Å². The number of dihydropyridines is 1. The van der Waals surface area contributed by atoms with Crippen LogP contribution in [-0.2, 0) is 15.3 Å². The zero-order valence-electron chi connectivity index (χ0n) is 20.5. The van der Waals surface area contributed by atoms with Gasteiger partial charge in [-0.3, -0.25) is 0 Å². The first-order chi connectivity index (χ1) is 16.9. The van der Waals surface area contributed by atoms with Crippen molar-refractivity contribution in [2.75, 3.05) is 0 Å². The van der Waals surface area contributed by atoms with E-state index in [1.807, 2.05) is 51.2 Å². The fourth-order valence-corrected chi connectivity index (χ4v) is 5.35. The summed E-state index contributed by atoms with van der Waals surface area (Å²) < 4.78 is 19.2. The largest absolute Gasteiger partial charge is 0.463 e. The van der Waals surface area contributed by atoms with E-state index in [0.717, 1.165) is 44.4 Å². The maximum Gasteiger partial charge on any atom is 0.235 e. The van der Waals surface area contributed by atoms with Crippen LogP contribution in [0.1, 0.15) is 49.1 Å². The van der Waals surface area contributed by atoms with Crippen LogP contribution in [0.4, 0.5) is 0 Å². The first-order valence-electron chi connectivity index (χ1n) is 12.1. The van der Waals surface area contributed by atoms with E-state index in [9.17, 15) is 0 Å². The molecule has 4 nitrogen and oxygen atoms in total. The van der Waals surface area contributed by atoms with Gasteiger partial charge in [0.15, 0.2) is 0 Å². The van der Waals surface area contributed by atoms with E-state index in [1.165, 1.54) is 11.1 Å². The molecule has 2 unspecified atom stereocenters. The van der Waals surface area contributed by atoms with Crippen molar-refractivity contribution in [3.05, 3.63) is 113 Å². The number of hydrogen-bond donors (Lipinski definition) is 1. The third kappa shape index (κ3) is 3.75. The van der Waals surface area contributed by atoms with Crippen LogP contribution < -0.4 is 5.32 Å². The number of benzene rings is 3. The lowest BCUT2D eigenvalue weighted by Gasteiger charge is -2.39. The van der Waals surface area contributed by atoms with Crippen molar-refractivity contribution in [1.29, 1.82) is 0 Å². The Balaban J connectivity index is 1.58. The third-order valence-corrected chi connectivity index (χ3v) is 6.89. The number of ether oxygens (including phenoxy) is 2. The first-order valence-corrected chi connectivity index (χ1v) is 12.1. The lowest BCUT2D eigenvalue weighted by atomic mass is 9.89. The Kier molecular flexibility index (Phi) is 5.08. The van der Waals surface area contributed by atoms with Gasteiger partial charge in [0.25, 0.3) is 0 Å². The monoisotopic (exact) mass is 463 g/mol. The van der Waals surface area contributed by atoms with Crippen molar-refractivity contribution < 1.29 is 13.9 Å². The third-order valence-electron chi connectivity index (χ3n) is 6.89. The van der Waals surface area contributed by atoms with Crippen molar-refractivity contribution in [2.45, 2.75) is 45.6 Å². The number of nitrogens with one attached hydrogen (secondary N) is 1. The molecule has 0 saturated heterocycles. The fourth-order valence-electron chi connectivity index (χ4n) is 5.35. The maximum absolute atomic E-state index is 6.50. The van der Waals surface area contributed by atoms with Gasteiger partial charge in [-0.05, 0) is 68.5 Å². The van der Waals surface area contributed by atoms with Crippen LogP contribution in [-0.4, -0.2) is 6.10 Å². The molecule has 35 heavy (non-hydrogen) atoms. The molecule has 176 valence electrons. The van der Waals surface area contributed by atoms with Crippen molar-refractivity contribution in [3.63, 3.8) is 0 Å². The van der Waals surface area contributed by atoms with Gasteiger partial charge < -0.3 is 19.2 Å². The number of aryl methyl sites for hydroxylation is 1. The van der Waals surface area contributed by atoms with Crippen LogP contribution in [0.25, 0.3) is 27.5 Å². The van der Waals surface area contributed by atoms with Crippen LogP contribution in [0.2, 0.25) is 0 Å². The molecule has 0 fully saturated rings. The van der Waals surface area contributed by atoms with E-state index in [2.05, 4.69) is 66.9 Å². The molecule has 3 heterocycles. The van der Waals surface area contributed by atoms with E-state index in [1.54, 1.807) is 0 Å². The molecule has 0 spiro atoms. The predicted molar refractivity (Wildman–Crippen MR) is 141 cm³/mol. The summed E-state index contributed by atoms with van der Waals surface area (Å²) in [6.07, 6.45) is 8.33. The Hall–Kier alpha value is -3.76. The zero-order chi connectivity index (χ0) is 24.2. The highest BCUT2D eigenvalue weighted by Gasteiger charge is 2.39. The SMILES string of the molecule is CC1=CC(C)O[C@@](C)(c2ccc3c(oc4ccccc43)c2C2C=C(c3ccc(C)cc3)C=CN2)O1. The molecule has 6 rings (SSSR count). The molecule has 2 aliphatic rings. The molecular formula is C31H29NO3. The molecule has 0 aliphatic carbocycles. The molecule has 1 aromatic heterocycles. The van der Waals surface area contributed by atoms with Crippen molar-refractivity contribution in [2.24, 2.45) is 0 Å². The molecule has 0 radical (unpaired) electrons. The van der Waals surface area contributed by atoms with E-state index in [0.29, 0.717) is 0 Å². The van der Waals surface area contributed by atoms with Gasteiger partial charge >= 0.3 is 0 Å². The number of para-hydroxylation sites is 1. The van der Waals surface area contributed by atoms with Gasteiger partial charge in [-0.15, -0.1) is 0 Å². The van der Waals surface area contributed by atoms with Crippen molar-refractivity contribution in [1.82, 2.24) is 5.32 Å². The first kappa shape index (κ1) is 21.8. The molecule has 1 N–H and O–H groups in total. The summed E-state index contributed by atoms with van der Waals surface area (Å²) in [5.41, 5.74) is 7.29. The molecule has 0 saturated carbocycles. The number of allylic oxidation sites excluding steroid dienone is 3. The fraction of sp³-hybridized carbons (Fsp3) is 0.226. The summed E-state index contributed by atoms with van der Waals surface area (Å²) in [4.78, 5) is 0. The Morgan fingerprint density at radius 2 is 1.69 bits per heavy atom. The van der Waals surface area contributed by atoms with Gasteiger partial charge in [0.05, 0.1) is 17.9 Å². The average molecular weight is 464 g/mol. The average Bonchev–Trinajstić information content (AvgIpc) is 3.22. The van der Waals surface area contributed by atoms with Crippen LogP contribution in [0, 0.1) is 6.92 Å². The summed E-state index contributed by atoms with van der Waals surface area (Å²) in [5.74, 6) is -0.0872. The molecule has 0 bridgehead atoms. The van der Waals surface area contributed by atoms with E-state index in [-0.39, 0.29) is 12.1 Å². The highest BCUT2D eigenvalue weighted by Crippen LogP contribution is 2.44. The van der Waals surface area contributed by atoms with Gasteiger partial charge in [-0.1, -0.05) is 54.1 Å². The highest BCUT2D eigenvalue weighted by atomic mass is 16.7. The van der Waals surface area contributed by atoms with Gasteiger partial charge in [-0.2, -0.15) is 0 Å². The Morgan fingerprint density at radius 1 is 0.886 bits per heavy atom. The van der Waals surface area contributed by atoms with Crippen molar-refractivity contribution >= 4 is 27.5 Å². The second-order valence-electron chi connectivity index (χ2n) is 9.62. The van der Waals surface area contributed by atoms with Gasteiger partial charge in [-0.25, -0.2) is 0 Å². The van der Waals surface area contributed by atoms with E-state index in [4.69, 9.17) is 13.9 Å². The Bertz CT molecular complexity index is 1520. The molecular weight excluding hydrogens is 434 g/mol. The predicted octanol–water partition coefficient (Wildman–Crippen LogP) is 7.65. The van der Waals surface area contributed by atoms with Crippen molar-refractivity contribution in [3.8, 4) is 0 Å². The highest BCUT2D eigenvalue weighted by molar-refractivity contribution is 6.06. The number of furan rings is 1. The second kappa shape index (κ2) is 8.17. The minimum atomic E-state index is -0.943. The molecule has 4 aromatic rings. The van der Waals surface area contributed by atoms with Crippen LogP contribution >= 0.6 is 0 Å². The smallest absolute Gasteiger partial charge is 0.235 e. The molecule has 2 aliphatic heterocycles. The normalized spacial score (nSPS) is 24.1. The minimum absolute atomic E-state index is 0.0640. The van der Waals surface area contributed by atoms with Crippen LogP contribution in [0.5, 0.6) is 0 Å². The molecule has 0 amide bonds. The van der Waals surface area contributed by atoms with Crippen LogP contribution in [0.3, 0.4) is 0 Å². The number of rotatable bonds is 3. The minimum Gasteiger partial charge on any atom is -0.463 e. The van der Waals surface area contributed by atoms with E-state index < -0.39 is 5.79 Å². The summed E-state index contributed by atoms with van der Waals surface area (Å²) in [6.45, 7) is 8.13. The molecule has 3 aromatic carbocycles. The lowest BCUT2D eigenvalue weighted by molar-refractivity contribution is -0.240. The Morgan fingerprint density at radius 3 is 2.49 bits per heavy atom. The second-order valence-corrected chi connectivity index (χ2v) is 9.62. The number of fused-ring (bicyclic) bond motifs is 3. The summed E-state index contributed by atoms with van der Waals surface area (Å²) in [6, 6.07) is 20.9. The quantitative estimate of drug-likeness (QED) is 0.339.